The average Bonchev–Trinajstić information content (AvgIpc) is 3.26. The number of hydrogen-bond donors (Lipinski definition) is 1. The zero-order chi connectivity index (χ0) is 26.2. The van der Waals surface area contributed by atoms with Crippen molar-refractivity contribution in [3.63, 3.8) is 0 Å². The minimum Gasteiger partial charge on any atom is -0.486 e. The zero-order valence-corrected chi connectivity index (χ0v) is 21.6. The molecule has 0 unspecified atom stereocenters. The molecule has 1 aromatic heterocycles. The quantitative estimate of drug-likeness (QED) is 0.319. The Morgan fingerprint density at radius 3 is 2.31 bits per heavy atom. The molecule has 1 amide bonds. The second kappa shape index (κ2) is 12.2. The maximum absolute atomic E-state index is 12.7. The summed E-state index contributed by atoms with van der Waals surface area (Å²) < 4.78 is 17.3. The third-order valence-corrected chi connectivity index (χ3v) is 6.09. The summed E-state index contributed by atoms with van der Waals surface area (Å²) in [5, 5.41) is 11.6. The van der Waals surface area contributed by atoms with Crippen molar-refractivity contribution >= 4 is 35.3 Å². The van der Waals surface area contributed by atoms with E-state index in [4.69, 9.17) is 14.2 Å². The molecule has 190 valence electrons. The van der Waals surface area contributed by atoms with Gasteiger partial charge in [0, 0.05) is 6.54 Å². The van der Waals surface area contributed by atoms with Gasteiger partial charge in [-0.15, -0.1) is 10.2 Å². The predicted octanol–water partition coefficient (Wildman–Crippen LogP) is 3.80. The predicted molar refractivity (Wildman–Crippen MR) is 134 cm³/mol. The number of carbonyl (C=O) groups excluding carboxylic acids is 3. The minimum absolute atomic E-state index is 0.000863. The highest BCUT2D eigenvalue weighted by Crippen LogP contribution is 2.23. The Morgan fingerprint density at radius 1 is 0.972 bits per heavy atom. The van der Waals surface area contributed by atoms with Crippen LogP contribution in [0.2, 0.25) is 0 Å². The lowest BCUT2D eigenvalue weighted by molar-refractivity contribution is -0.113. The number of ether oxygens (including phenoxy) is 3. The lowest BCUT2D eigenvalue weighted by Gasteiger charge is -2.12. The number of nitrogens with one attached hydrogen (secondary N) is 1. The van der Waals surface area contributed by atoms with Crippen LogP contribution < -0.4 is 10.1 Å². The van der Waals surface area contributed by atoms with Crippen molar-refractivity contribution in [3.05, 3.63) is 64.5 Å². The van der Waals surface area contributed by atoms with Crippen LogP contribution in [0.4, 0.5) is 5.69 Å². The van der Waals surface area contributed by atoms with Crippen LogP contribution in [0, 0.1) is 13.8 Å². The van der Waals surface area contributed by atoms with Gasteiger partial charge >= 0.3 is 11.9 Å². The highest BCUT2D eigenvalue weighted by atomic mass is 32.2. The van der Waals surface area contributed by atoms with E-state index in [1.807, 2.05) is 37.5 Å². The maximum Gasteiger partial charge on any atom is 0.339 e. The van der Waals surface area contributed by atoms with Gasteiger partial charge in [-0.05, 0) is 62.2 Å². The van der Waals surface area contributed by atoms with Crippen molar-refractivity contribution in [2.45, 2.75) is 39.1 Å². The van der Waals surface area contributed by atoms with Gasteiger partial charge in [-0.25, -0.2) is 9.59 Å². The SMILES string of the molecule is CCn1c(COc2cc(C)cc(C)c2)nnc1SCC(=O)Nc1cc(C(=O)OC)ccc1C(=O)OC. The highest BCUT2D eigenvalue weighted by Gasteiger charge is 2.19. The fourth-order valence-corrected chi connectivity index (χ4v) is 4.33. The second-order valence-electron chi connectivity index (χ2n) is 7.84. The molecule has 11 heteroatoms. The van der Waals surface area contributed by atoms with Gasteiger partial charge in [-0.3, -0.25) is 4.79 Å². The Labute approximate surface area is 213 Å². The summed E-state index contributed by atoms with van der Waals surface area (Å²) >= 11 is 1.20. The first-order valence-electron chi connectivity index (χ1n) is 11.1. The molecule has 36 heavy (non-hydrogen) atoms. The molecule has 1 heterocycles. The summed E-state index contributed by atoms with van der Waals surface area (Å²) in [5.41, 5.74) is 2.67. The molecule has 0 bridgehead atoms. The van der Waals surface area contributed by atoms with Crippen LogP contribution in [-0.4, -0.2) is 52.6 Å². The molecule has 0 aliphatic heterocycles. The number of hydrogen-bond acceptors (Lipinski definition) is 9. The molecule has 0 aliphatic carbocycles. The van der Waals surface area contributed by atoms with Crippen molar-refractivity contribution in [2.24, 2.45) is 0 Å². The Kier molecular flexibility index (Phi) is 9.07. The van der Waals surface area contributed by atoms with Crippen LogP contribution in [0.1, 0.15) is 44.6 Å². The molecule has 3 aromatic rings. The Balaban J connectivity index is 1.68. The van der Waals surface area contributed by atoms with Crippen molar-refractivity contribution in [1.82, 2.24) is 14.8 Å². The van der Waals surface area contributed by atoms with E-state index in [-0.39, 0.29) is 29.2 Å². The van der Waals surface area contributed by atoms with E-state index >= 15 is 0 Å². The van der Waals surface area contributed by atoms with Crippen molar-refractivity contribution in [2.75, 3.05) is 25.3 Å². The van der Waals surface area contributed by atoms with E-state index in [0.717, 1.165) is 16.9 Å². The van der Waals surface area contributed by atoms with E-state index < -0.39 is 17.8 Å². The Morgan fingerprint density at radius 2 is 1.67 bits per heavy atom. The fourth-order valence-electron chi connectivity index (χ4n) is 3.51. The fraction of sp³-hybridized carbons (Fsp3) is 0.320. The molecule has 0 atom stereocenters. The number of anilines is 1. The normalized spacial score (nSPS) is 10.6. The summed E-state index contributed by atoms with van der Waals surface area (Å²) in [6, 6.07) is 10.2. The van der Waals surface area contributed by atoms with E-state index in [9.17, 15) is 14.4 Å². The van der Waals surface area contributed by atoms with Gasteiger partial charge in [0.05, 0.1) is 36.8 Å². The number of aryl methyl sites for hydroxylation is 2. The summed E-state index contributed by atoms with van der Waals surface area (Å²) in [6.07, 6.45) is 0. The lowest BCUT2D eigenvalue weighted by Crippen LogP contribution is -2.18. The Hall–Kier alpha value is -3.86. The third kappa shape index (κ3) is 6.63. The van der Waals surface area contributed by atoms with Crippen molar-refractivity contribution < 1.29 is 28.6 Å². The van der Waals surface area contributed by atoms with Crippen LogP contribution in [0.25, 0.3) is 0 Å². The highest BCUT2D eigenvalue weighted by molar-refractivity contribution is 7.99. The third-order valence-electron chi connectivity index (χ3n) is 5.13. The Bertz CT molecular complexity index is 1250. The van der Waals surface area contributed by atoms with E-state index in [0.29, 0.717) is 17.5 Å². The van der Waals surface area contributed by atoms with Gasteiger partial charge in [0.15, 0.2) is 11.0 Å². The van der Waals surface area contributed by atoms with Crippen LogP contribution >= 0.6 is 11.8 Å². The standard InChI is InChI=1S/C25H28N4O6S/c1-6-29-21(13-35-18-10-15(2)9-16(3)11-18)27-28-25(29)36-14-22(30)26-20-12-17(23(31)33-4)7-8-19(20)24(32)34-5/h7-12H,6,13-14H2,1-5H3,(H,26,30). The minimum atomic E-state index is -0.645. The molecule has 0 spiro atoms. The molecular formula is C25H28N4O6S. The molecule has 0 radical (unpaired) electrons. The van der Waals surface area contributed by atoms with Crippen molar-refractivity contribution in [3.8, 4) is 5.75 Å². The molecule has 0 saturated carbocycles. The molecule has 0 saturated heterocycles. The van der Waals surface area contributed by atoms with E-state index in [1.165, 1.54) is 44.2 Å². The molecule has 0 aliphatic rings. The van der Waals surface area contributed by atoms with Gasteiger partial charge in [0.25, 0.3) is 0 Å². The summed E-state index contributed by atoms with van der Waals surface area (Å²) in [6.45, 7) is 6.80. The van der Waals surface area contributed by atoms with Gasteiger partial charge in [0.2, 0.25) is 5.91 Å². The first kappa shape index (κ1) is 26.7. The maximum atomic E-state index is 12.7. The smallest absolute Gasteiger partial charge is 0.339 e. The number of methoxy groups -OCH3 is 2. The molecule has 2 aromatic carbocycles. The molecule has 0 fully saturated rings. The molecule has 1 N–H and O–H groups in total. The van der Waals surface area contributed by atoms with Gasteiger partial charge in [0.1, 0.15) is 12.4 Å². The van der Waals surface area contributed by atoms with Crippen LogP contribution in [0.5, 0.6) is 5.75 Å². The molecule has 3 rings (SSSR count). The number of amides is 1. The van der Waals surface area contributed by atoms with Gasteiger partial charge < -0.3 is 24.1 Å². The summed E-state index contributed by atoms with van der Waals surface area (Å²) in [4.78, 5) is 36.7. The van der Waals surface area contributed by atoms with Crippen LogP contribution in [0.15, 0.2) is 41.6 Å². The average molecular weight is 513 g/mol. The number of esters is 2. The lowest BCUT2D eigenvalue weighted by atomic mass is 10.1. The van der Waals surface area contributed by atoms with E-state index in [1.54, 1.807) is 0 Å². The summed E-state index contributed by atoms with van der Waals surface area (Å²) in [7, 11) is 2.48. The number of nitrogens with zero attached hydrogens (tertiary/aromatic N) is 3. The number of aromatic nitrogens is 3. The number of rotatable bonds is 10. The number of benzene rings is 2. The van der Waals surface area contributed by atoms with Gasteiger partial charge in [-0.2, -0.15) is 0 Å². The van der Waals surface area contributed by atoms with Crippen molar-refractivity contribution in [1.29, 1.82) is 0 Å². The first-order chi connectivity index (χ1) is 17.2. The van der Waals surface area contributed by atoms with Crippen LogP contribution in [-0.2, 0) is 27.4 Å². The largest absolute Gasteiger partial charge is 0.486 e. The summed E-state index contributed by atoms with van der Waals surface area (Å²) in [5.74, 6) is -0.248. The first-order valence-corrected chi connectivity index (χ1v) is 12.1. The molecular weight excluding hydrogens is 484 g/mol. The second-order valence-corrected chi connectivity index (χ2v) is 8.78. The zero-order valence-electron chi connectivity index (χ0n) is 20.8. The number of thioether (sulfide) groups is 1. The van der Waals surface area contributed by atoms with Crippen LogP contribution in [0.3, 0.4) is 0 Å². The van der Waals surface area contributed by atoms with Gasteiger partial charge in [-0.1, -0.05) is 17.8 Å². The monoisotopic (exact) mass is 512 g/mol. The van der Waals surface area contributed by atoms with E-state index in [2.05, 4.69) is 21.6 Å². The number of carbonyl (C=O) groups is 3. The topological polar surface area (TPSA) is 122 Å². The molecule has 10 nitrogen and oxygen atoms in total.